The van der Waals surface area contributed by atoms with Crippen molar-refractivity contribution >= 4 is 29.1 Å². The number of esters is 1. The molecule has 6 N–H and O–H groups in total. The molecule has 0 saturated carbocycles. The van der Waals surface area contributed by atoms with E-state index in [4.69, 9.17) is 16.2 Å². The minimum Gasteiger partial charge on any atom is -0.469 e. The highest BCUT2D eigenvalue weighted by Crippen LogP contribution is 2.34. The lowest BCUT2D eigenvalue weighted by Gasteiger charge is -2.23. The summed E-state index contributed by atoms with van der Waals surface area (Å²) >= 11 is 0. The molecule has 2 aromatic carbocycles. The third-order valence-electron chi connectivity index (χ3n) is 5.32. The van der Waals surface area contributed by atoms with Crippen LogP contribution in [0.3, 0.4) is 0 Å². The van der Waals surface area contributed by atoms with E-state index in [1.54, 1.807) is 25.7 Å². The van der Waals surface area contributed by atoms with E-state index >= 15 is 0 Å². The Morgan fingerprint density at radius 2 is 2.10 bits per heavy atom. The van der Waals surface area contributed by atoms with E-state index in [1.165, 1.54) is 7.11 Å². The molecule has 0 bridgehead atoms. The van der Waals surface area contributed by atoms with Gasteiger partial charge in [0.05, 0.1) is 25.3 Å². The lowest BCUT2D eigenvalue weighted by Crippen LogP contribution is -2.16. The topological polar surface area (TPSA) is 115 Å². The fourth-order valence-corrected chi connectivity index (χ4v) is 3.76. The smallest absolute Gasteiger partial charge is 0.310 e. The van der Waals surface area contributed by atoms with Crippen LogP contribution in [0.2, 0.25) is 0 Å². The number of ether oxygens (including phenoxy) is 1. The number of hydrogen-bond donors (Lipinski definition) is 4. The minimum absolute atomic E-state index is 0.00344. The molecule has 0 amide bonds. The summed E-state index contributed by atoms with van der Waals surface area (Å²) in [6, 6.07) is 14.0. The van der Waals surface area contributed by atoms with Crippen LogP contribution < -0.4 is 22.1 Å². The second-order valence-electron chi connectivity index (χ2n) is 7.21. The quantitative estimate of drug-likeness (QED) is 0.423. The second-order valence-corrected chi connectivity index (χ2v) is 7.21. The van der Waals surface area contributed by atoms with Gasteiger partial charge in [0, 0.05) is 49.0 Å². The summed E-state index contributed by atoms with van der Waals surface area (Å²) in [6.07, 6.45) is 5.92. The van der Waals surface area contributed by atoms with E-state index in [2.05, 4.69) is 21.7 Å². The zero-order valence-electron chi connectivity index (χ0n) is 17.9. The van der Waals surface area contributed by atoms with Crippen molar-refractivity contribution in [3.05, 3.63) is 77.1 Å². The maximum absolute atomic E-state index is 11.9. The molecule has 162 valence electrons. The number of rotatable bonds is 6. The molecule has 0 aromatic heterocycles. The highest BCUT2D eigenvalue weighted by Gasteiger charge is 2.23. The van der Waals surface area contributed by atoms with Crippen molar-refractivity contribution in [2.75, 3.05) is 26.0 Å². The van der Waals surface area contributed by atoms with Crippen molar-refractivity contribution in [2.24, 2.45) is 16.5 Å². The summed E-state index contributed by atoms with van der Waals surface area (Å²) in [5.41, 5.74) is 18.3. The number of para-hydroxylation sites is 1. The van der Waals surface area contributed by atoms with E-state index in [1.807, 2.05) is 36.4 Å². The Morgan fingerprint density at radius 1 is 1.29 bits per heavy atom. The van der Waals surface area contributed by atoms with Crippen molar-refractivity contribution in [2.45, 2.75) is 18.9 Å². The number of nitrogens with zero attached hydrogens (tertiary/aromatic N) is 1. The molecule has 3 rings (SSSR count). The van der Waals surface area contributed by atoms with E-state index in [0.717, 1.165) is 52.2 Å². The molecule has 1 heterocycles. The molecular formula is C24H29N5O2. The van der Waals surface area contributed by atoms with Crippen molar-refractivity contribution < 1.29 is 9.53 Å². The molecule has 1 aliphatic heterocycles. The van der Waals surface area contributed by atoms with Crippen molar-refractivity contribution in [1.29, 1.82) is 0 Å². The average molecular weight is 420 g/mol. The summed E-state index contributed by atoms with van der Waals surface area (Å²) in [6.45, 7) is 0.750. The van der Waals surface area contributed by atoms with Crippen LogP contribution in [0.1, 0.15) is 34.7 Å². The standard InChI is InChI=1S/C24H29N5O2/c1-27-15-18(13-25)16-7-8-19-20(11-16)22(9-10-28-23(19)14-26)29-21-6-4-3-5-17(21)12-24(30)31-2/h3-8,11,13-15,22,28-29H,9-10,12,25-26H2,1-2H3/b18-13?,23-14-,27-15?. The molecule has 0 radical (unpaired) electrons. The largest absolute Gasteiger partial charge is 0.469 e. The van der Waals surface area contributed by atoms with Gasteiger partial charge in [0.25, 0.3) is 0 Å². The first-order chi connectivity index (χ1) is 15.1. The summed E-state index contributed by atoms with van der Waals surface area (Å²) in [5.74, 6) is -0.274. The Hall–Kier alpha value is -3.74. The van der Waals surface area contributed by atoms with Gasteiger partial charge in [0.1, 0.15) is 0 Å². The van der Waals surface area contributed by atoms with Gasteiger partial charge in [-0.05, 0) is 35.2 Å². The van der Waals surface area contributed by atoms with Crippen LogP contribution in [0.4, 0.5) is 5.69 Å². The summed E-state index contributed by atoms with van der Waals surface area (Å²) in [4.78, 5) is 16.0. The van der Waals surface area contributed by atoms with Crippen LogP contribution in [-0.2, 0) is 16.0 Å². The predicted molar refractivity (Wildman–Crippen MR) is 126 cm³/mol. The van der Waals surface area contributed by atoms with Crippen LogP contribution in [0.5, 0.6) is 0 Å². The maximum Gasteiger partial charge on any atom is 0.310 e. The number of benzene rings is 2. The van der Waals surface area contributed by atoms with E-state index < -0.39 is 0 Å². The molecule has 0 fully saturated rings. The summed E-state index contributed by atoms with van der Waals surface area (Å²) in [5, 5.41) is 7.04. The molecule has 0 spiro atoms. The number of hydrogen-bond acceptors (Lipinski definition) is 7. The Labute approximate surface area is 182 Å². The SMILES string of the molecule is CN=CC(=CN)c1ccc2c(c1)C(Nc1ccccc1CC(=O)OC)CCN/C2=C\N. The van der Waals surface area contributed by atoms with Gasteiger partial charge in [-0.15, -0.1) is 0 Å². The Bertz CT molecular complexity index is 1030. The normalized spacial score (nSPS) is 17.7. The van der Waals surface area contributed by atoms with E-state index in [-0.39, 0.29) is 18.4 Å². The van der Waals surface area contributed by atoms with Crippen LogP contribution >= 0.6 is 0 Å². The van der Waals surface area contributed by atoms with Crippen molar-refractivity contribution in [3.8, 4) is 0 Å². The van der Waals surface area contributed by atoms with Crippen LogP contribution in [0, 0.1) is 0 Å². The fraction of sp³-hybridized carbons (Fsp3) is 0.250. The predicted octanol–water partition coefficient (Wildman–Crippen LogP) is 2.81. The zero-order chi connectivity index (χ0) is 22.2. The van der Waals surface area contributed by atoms with Crippen LogP contribution in [0.15, 0.2) is 59.9 Å². The Balaban J connectivity index is 2.04. The molecular weight excluding hydrogens is 390 g/mol. The highest BCUT2D eigenvalue weighted by molar-refractivity contribution is 6.09. The lowest BCUT2D eigenvalue weighted by molar-refractivity contribution is -0.139. The number of methoxy groups -OCH3 is 1. The van der Waals surface area contributed by atoms with Gasteiger partial charge in [0.2, 0.25) is 0 Å². The first kappa shape index (κ1) is 22.0. The number of nitrogens with two attached hydrogens (primary N) is 2. The maximum atomic E-state index is 11.9. The number of allylic oxidation sites excluding steroid dienone is 1. The van der Waals surface area contributed by atoms with Crippen LogP contribution in [-0.4, -0.2) is 32.9 Å². The number of carbonyl (C=O) groups is 1. The summed E-state index contributed by atoms with van der Waals surface area (Å²) in [7, 11) is 3.12. The molecule has 31 heavy (non-hydrogen) atoms. The zero-order valence-corrected chi connectivity index (χ0v) is 17.9. The summed E-state index contributed by atoms with van der Waals surface area (Å²) < 4.78 is 4.85. The molecule has 0 saturated heterocycles. The lowest BCUT2D eigenvalue weighted by atomic mass is 9.93. The molecule has 1 aliphatic rings. The number of carbonyl (C=O) groups excluding carboxylic acids is 1. The van der Waals surface area contributed by atoms with Crippen molar-refractivity contribution in [3.63, 3.8) is 0 Å². The molecule has 1 atom stereocenters. The molecule has 2 aromatic rings. The van der Waals surface area contributed by atoms with Gasteiger partial charge >= 0.3 is 5.97 Å². The molecule has 1 unspecified atom stereocenters. The van der Waals surface area contributed by atoms with Gasteiger partial charge in [-0.25, -0.2) is 0 Å². The van der Waals surface area contributed by atoms with Gasteiger partial charge in [-0.3, -0.25) is 9.79 Å². The van der Waals surface area contributed by atoms with Gasteiger partial charge in [-0.1, -0.05) is 30.3 Å². The molecule has 7 nitrogen and oxygen atoms in total. The Morgan fingerprint density at radius 3 is 2.81 bits per heavy atom. The second kappa shape index (κ2) is 10.3. The van der Waals surface area contributed by atoms with E-state index in [9.17, 15) is 4.79 Å². The number of nitrogens with one attached hydrogen (secondary N) is 2. The van der Waals surface area contributed by atoms with Gasteiger partial charge < -0.3 is 26.8 Å². The van der Waals surface area contributed by atoms with Gasteiger partial charge in [0.15, 0.2) is 0 Å². The number of anilines is 1. The van der Waals surface area contributed by atoms with Crippen molar-refractivity contribution in [1.82, 2.24) is 5.32 Å². The third kappa shape index (κ3) is 5.06. The van der Waals surface area contributed by atoms with Gasteiger partial charge in [-0.2, -0.15) is 0 Å². The first-order valence-corrected chi connectivity index (χ1v) is 10.2. The first-order valence-electron chi connectivity index (χ1n) is 10.2. The Kier molecular flexibility index (Phi) is 7.32. The highest BCUT2D eigenvalue weighted by atomic mass is 16.5. The molecule has 7 heteroatoms. The average Bonchev–Trinajstić information content (AvgIpc) is 2.97. The monoisotopic (exact) mass is 419 g/mol. The van der Waals surface area contributed by atoms with Crippen LogP contribution in [0.25, 0.3) is 11.3 Å². The number of aliphatic imine (C=N–C) groups is 1. The minimum atomic E-state index is -0.274. The van der Waals surface area contributed by atoms with E-state index in [0.29, 0.717) is 0 Å². The fourth-order valence-electron chi connectivity index (χ4n) is 3.76. The number of fused-ring (bicyclic) bond motifs is 1. The third-order valence-corrected chi connectivity index (χ3v) is 5.32. The molecule has 0 aliphatic carbocycles.